The largest absolute Gasteiger partial charge is 0.353 e. The maximum atomic E-state index is 9.25. The Kier molecular flexibility index (Phi) is 3.10. The van der Waals surface area contributed by atoms with Crippen LogP contribution in [0, 0.1) is 24.2 Å². The minimum Gasteiger partial charge on any atom is -0.353 e. The maximum Gasteiger partial charge on any atom is 0.145 e. The van der Waals surface area contributed by atoms with E-state index in [1.807, 2.05) is 18.7 Å². The van der Waals surface area contributed by atoms with Gasteiger partial charge in [-0.25, -0.2) is 0 Å². The van der Waals surface area contributed by atoms with Crippen LogP contribution < -0.4 is 4.90 Å². The lowest BCUT2D eigenvalue weighted by molar-refractivity contribution is 0.373. The third kappa shape index (κ3) is 2.02. The fourth-order valence-corrected chi connectivity index (χ4v) is 2.83. The highest BCUT2D eigenvalue weighted by atomic mass is 15.4. The Labute approximate surface area is 103 Å². The van der Waals surface area contributed by atoms with E-state index in [0.717, 1.165) is 29.5 Å². The van der Waals surface area contributed by atoms with Crippen molar-refractivity contribution in [1.82, 2.24) is 9.78 Å². The summed E-state index contributed by atoms with van der Waals surface area (Å²) in [6.45, 7) is 7.46. The Balaban J connectivity index is 2.37. The first kappa shape index (κ1) is 12.0. The molecule has 2 rings (SSSR count). The number of hydrogen-bond donors (Lipinski definition) is 0. The molecule has 92 valence electrons. The Morgan fingerprint density at radius 1 is 1.41 bits per heavy atom. The molecule has 1 aliphatic rings. The molecule has 2 unspecified atom stereocenters. The lowest BCUT2D eigenvalue weighted by Gasteiger charge is -2.38. The van der Waals surface area contributed by atoms with Crippen LogP contribution in [0.4, 0.5) is 5.82 Å². The lowest BCUT2D eigenvalue weighted by Crippen LogP contribution is -2.41. The van der Waals surface area contributed by atoms with Crippen LogP contribution in [-0.2, 0) is 7.05 Å². The summed E-state index contributed by atoms with van der Waals surface area (Å²) in [4.78, 5) is 2.33. The lowest BCUT2D eigenvalue weighted by atomic mass is 9.93. The van der Waals surface area contributed by atoms with Gasteiger partial charge in [0.25, 0.3) is 0 Å². The second-order valence-electron chi connectivity index (χ2n) is 5.19. The van der Waals surface area contributed by atoms with E-state index >= 15 is 0 Å². The summed E-state index contributed by atoms with van der Waals surface area (Å²) in [5, 5.41) is 13.6. The summed E-state index contributed by atoms with van der Waals surface area (Å²) in [6, 6.07) is 2.78. The van der Waals surface area contributed by atoms with Crippen molar-refractivity contribution in [2.24, 2.45) is 13.0 Å². The summed E-state index contributed by atoms with van der Waals surface area (Å²) in [7, 11) is 1.92. The topological polar surface area (TPSA) is 44.9 Å². The highest BCUT2D eigenvalue weighted by Gasteiger charge is 2.28. The highest BCUT2D eigenvalue weighted by molar-refractivity contribution is 5.57. The quantitative estimate of drug-likeness (QED) is 0.745. The van der Waals surface area contributed by atoms with E-state index in [2.05, 4.69) is 29.9 Å². The molecule has 17 heavy (non-hydrogen) atoms. The Morgan fingerprint density at radius 2 is 2.12 bits per heavy atom. The zero-order valence-corrected chi connectivity index (χ0v) is 11.1. The number of aryl methyl sites for hydroxylation is 2. The van der Waals surface area contributed by atoms with Crippen LogP contribution in [0.1, 0.15) is 37.9 Å². The molecule has 4 nitrogen and oxygen atoms in total. The first-order valence-corrected chi connectivity index (χ1v) is 6.25. The van der Waals surface area contributed by atoms with E-state index in [1.54, 1.807) is 0 Å². The number of anilines is 1. The SMILES string of the molecule is Cc1nn(C)c(N2CCC(C)CC2C)c1C#N. The van der Waals surface area contributed by atoms with E-state index in [0.29, 0.717) is 6.04 Å². The maximum absolute atomic E-state index is 9.25. The molecule has 0 aromatic carbocycles. The molecule has 0 N–H and O–H groups in total. The second kappa shape index (κ2) is 4.40. The van der Waals surface area contributed by atoms with Gasteiger partial charge in [-0.05, 0) is 32.6 Å². The third-order valence-electron chi connectivity index (χ3n) is 3.71. The van der Waals surface area contributed by atoms with Gasteiger partial charge in [-0.15, -0.1) is 0 Å². The summed E-state index contributed by atoms with van der Waals surface area (Å²) < 4.78 is 1.85. The van der Waals surface area contributed by atoms with Crippen molar-refractivity contribution in [2.75, 3.05) is 11.4 Å². The van der Waals surface area contributed by atoms with Crippen LogP contribution in [0.3, 0.4) is 0 Å². The van der Waals surface area contributed by atoms with E-state index in [-0.39, 0.29) is 0 Å². The van der Waals surface area contributed by atoms with E-state index in [1.165, 1.54) is 12.8 Å². The smallest absolute Gasteiger partial charge is 0.145 e. The van der Waals surface area contributed by atoms with Crippen molar-refractivity contribution < 1.29 is 0 Å². The summed E-state index contributed by atoms with van der Waals surface area (Å²) in [5.74, 6) is 1.77. The standard InChI is InChI=1S/C13H20N4/c1-9-5-6-17(10(2)7-9)13-12(8-14)11(3)15-16(13)4/h9-10H,5-7H2,1-4H3. The van der Waals surface area contributed by atoms with Crippen LogP contribution in [0.5, 0.6) is 0 Å². The predicted octanol–water partition coefficient (Wildman–Crippen LogP) is 2.22. The summed E-state index contributed by atoms with van der Waals surface area (Å²) >= 11 is 0. The Morgan fingerprint density at radius 3 is 2.71 bits per heavy atom. The third-order valence-corrected chi connectivity index (χ3v) is 3.71. The van der Waals surface area contributed by atoms with Gasteiger partial charge in [-0.2, -0.15) is 10.4 Å². The average molecular weight is 232 g/mol. The highest BCUT2D eigenvalue weighted by Crippen LogP contribution is 2.30. The number of nitrogens with zero attached hydrogens (tertiary/aromatic N) is 4. The number of nitriles is 1. The molecule has 4 heteroatoms. The van der Waals surface area contributed by atoms with Gasteiger partial charge in [0.2, 0.25) is 0 Å². The predicted molar refractivity (Wildman–Crippen MR) is 67.9 cm³/mol. The molecule has 1 fully saturated rings. The van der Waals surface area contributed by atoms with Gasteiger partial charge < -0.3 is 4.90 Å². The van der Waals surface area contributed by atoms with Gasteiger partial charge in [0, 0.05) is 19.6 Å². The number of hydrogen-bond acceptors (Lipinski definition) is 3. The molecule has 1 aromatic heterocycles. The molecule has 0 amide bonds. The zero-order chi connectivity index (χ0) is 12.6. The Hall–Kier alpha value is -1.50. The Bertz CT molecular complexity index is 455. The summed E-state index contributed by atoms with van der Waals surface area (Å²) in [5.41, 5.74) is 1.56. The van der Waals surface area contributed by atoms with Crippen molar-refractivity contribution in [3.8, 4) is 6.07 Å². The fourth-order valence-electron chi connectivity index (χ4n) is 2.83. The van der Waals surface area contributed by atoms with E-state index in [4.69, 9.17) is 0 Å². The van der Waals surface area contributed by atoms with Gasteiger partial charge in [-0.1, -0.05) is 6.92 Å². The van der Waals surface area contributed by atoms with E-state index in [9.17, 15) is 5.26 Å². The monoisotopic (exact) mass is 232 g/mol. The molecule has 0 radical (unpaired) electrons. The number of rotatable bonds is 1. The van der Waals surface area contributed by atoms with Crippen molar-refractivity contribution in [3.05, 3.63) is 11.3 Å². The first-order chi connectivity index (χ1) is 8.04. The first-order valence-electron chi connectivity index (χ1n) is 6.25. The average Bonchev–Trinajstić information content (AvgIpc) is 2.53. The van der Waals surface area contributed by atoms with Gasteiger partial charge in [0.05, 0.1) is 5.69 Å². The van der Waals surface area contributed by atoms with Crippen molar-refractivity contribution >= 4 is 5.82 Å². The molecule has 0 saturated carbocycles. The van der Waals surface area contributed by atoms with Crippen molar-refractivity contribution in [3.63, 3.8) is 0 Å². The van der Waals surface area contributed by atoms with Crippen LogP contribution in [0.25, 0.3) is 0 Å². The number of aromatic nitrogens is 2. The molecular formula is C13H20N4. The zero-order valence-electron chi connectivity index (χ0n) is 11.1. The van der Waals surface area contributed by atoms with Gasteiger partial charge >= 0.3 is 0 Å². The molecule has 1 aromatic rings. The summed E-state index contributed by atoms with van der Waals surface area (Å²) in [6.07, 6.45) is 2.38. The van der Waals surface area contributed by atoms with Crippen LogP contribution in [-0.4, -0.2) is 22.4 Å². The van der Waals surface area contributed by atoms with E-state index < -0.39 is 0 Å². The molecular weight excluding hydrogens is 212 g/mol. The number of piperidine rings is 1. The van der Waals surface area contributed by atoms with Gasteiger partial charge in [0.15, 0.2) is 0 Å². The van der Waals surface area contributed by atoms with Crippen molar-refractivity contribution in [1.29, 1.82) is 5.26 Å². The normalized spacial score (nSPS) is 24.8. The van der Waals surface area contributed by atoms with Crippen LogP contribution in [0.15, 0.2) is 0 Å². The molecule has 0 bridgehead atoms. The van der Waals surface area contributed by atoms with Crippen LogP contribution in [0.2, 0.25) is 0 Å². The van der Waals surface area contributed by atoms with Gasteiger partial charge in [-0.3, -0.25) is 4.68 Å². The fraction of sp³-hybridized carbons (Fsp3) is 0.692. The molecule has 2 atom stereocenters. The molecule has 0 spiro atoms. The van der Waals surface area contributed by atoms with Gasteiger partial charge in [0.1, 0.15) is 17.5 Å². The molecule has 2 heterocycles. The molecule has 1 saturated heterocycles. The van der Waals surface area contributed by atoms with Crippen molar-refractivity contribution in [2.45, 2.75) is 39.7 Å². The van der Waals surface area contributed by atoms with Crippen LogP contribution >= 0.6 is 0 Å². The minimum absolute atomic E-state index is 0.487. The molecule has 0 aliphatic carbocycles. The second-order valence-corrected chi connectivity index (χ2v) is 5.19. The molecule has 1 aliphatic heterocycles. The minimum atomic E-state index is 0.487.